The first-order valence-electron chi connectivity index (χ1n) is 3.57. The van der Waals surface area contributed by atoms with E-state index in [-0.39, 0.29) is 17.0 Å². The van der Waals surface area contributed by atoms with E-state index in [0.29, 0.717) is 0 Å². The largest absolute Gasteiger partial charge is 0.480 e. The molecule has 0 aromatic carbocycles. The monoisotopic (exact) mass is 197 g/mol. The zero-order valence-electron chi connectivity index (χ0n) is 7.22. The van der Waals surface area contributed by atoms with Crippen LogP contribution in [-0.2, 0) is 0 Å². The Hall–Kier alpha value is -2.11. The molecule has 74 valence electrons. The van der Waals surface area contributed by atoms with Gasteiger partial charge in [-0.25, -0.2) is 14.6 Å². The number of methoxy groups -OCH3 is 1. The second-order valence-electron chi connectivity index (χ2n) is 2.39. The fourth-order valence-corrected chi connectivity index (χ4v) is 0.885. The Balaban J connectivity index is 3.27. The molecule has 0 fully saturated rings. The van der Waals surface area contributed by atoms with Gasteiger partial charge in [-0.2, -0.15) is 0 Å². The van der Waals surface area contributed by atoms with Crippen molar-refractivity contribution in [3.8, 4) is 5.88 Å². The summed E-state index contributed by atoms with van der Waals surface area (Å²) in [4.78, 5) is 24.7. The highest BCUT2D eigenvalue weighted by atomic mass is 16.5. The van der Waals surface area contributed by atoms with Gasteiger partial charge in [0.1, 0.15) is 5.56 Å². The minimum Gasteiger partial charge on any atom is -0.480 e. The van der Waals surface area contributed by atoms with E-state index in [0.717, 1.165) is 12.3 Å². The lowest BCUT2D eigenvalue weighted by atomic mass is 10.2. The zero-order valence-corrected chi connectivity index (χ0v) is 7.22. The fourth-order valence-electron chi connectivity index (χ4n) is 0.885. The van der Waals surface area contributed by atoms with Crippen molar-refractivity contribution in [2.45, 2.75) is 0 Å². The Morgan fingerprint density at radius 1 is 1.36 bits per heavy atom. The predicted molar refractivity (Wildman–Crippen MR) is 44.7 cm³/mol. The second kappa shape index (κ2) is 3.73. The third-order valence-corrected chi connectivity index (χ3v) is 1.52. The van der Waals surface area contributed by atoms with E-state index >= 15 is 0 Å². The van der Waals surface area contributed by atoms with Crippen molar-refractivity contribution in [2.75, 3.05) is 7.11 Å². The summed E-state index contributed by atoms with van der Waals surface area (Å²) in [6.45, 7) is 0. The van der Waals surface area contributed by atoms with Crippen LogP contribution >= 0.6 is 0 Å². The van der Waals surface area contributed by atoms with Gasteiger partial charge in [-0.3, -0.25) is 0 Å². The number of aromatic carboxylic acids is 2. The number of hydrogen-bond acceptors (Lipinski definition) is 4. The van der Waals surface area contributed by atoms with E-state index < -0.39 is 11.9 Å². The molecule has 0 aliphatic carbocycles. The number of pyridine rings is 1. The van der Waals surface area contributed by atoms with Gasteiger partial charge in [0.25, 0.3) is 0 Å². The molecule has 6 heteroatoms. The Labute approximate surface area is 78.8 Å². The number of nitrogens with zero attached hydrogens (tertiary/aromatic N) is 1. The van der Waals surface area contributed by atoms with E-state index in [9.17, 15) is 9.59 Å². The minimum absolute atomic E-state index is 0.109. The molecule has 0 saturated carbocycles. The number of aromatic nitrogens is 1. The van der Waals surface area contributed by atoms with Crippen LogP contribution in [0.5, 0.6) is 5.88 Å². The van der Waals surface area contributed by atoms with Gasteiger partial charge in [0.15, 0.2) is 0 Å². The van der Waals surface area contributed by atoms with Gasteiger partial charge in [-0.1, -0.05) is 0 Å². The summed E-state index contributed by atoms with van der Waals surface area (Å²) in [6.07, 6.45) is 1.04. The van der Waals surface area contributed by atoms with Crippen LogP contribution in [0.15, 0.2) is 12.3 Å². The highest BCUT2D eigenvalue weighted by Crippen LogP contribution is 2.15. The van der Waals surface area contributed by atoms with E-state index in [1.807, 2.05) is 0 Å². The first kappa shape index (κ1) is 9.97. The molecule has 0 radical (unpaired) electrons. The highest BCUT2D eigenvalue weighted by molar-refractivity contribution is 5.94. The van der Waals surface area contributed by atoms with Crippen molar-refractivity contribution in [1.29, 1.82) is 0 Å². The van der Waals surface area contributed by atoms with Gasteiger partial charge in [-0.15, -0.1) is 0 Å². The normalized spacial score (nSPS) is 9.50. The van der Waals surface area contributed by atoms with Gasteiger partial charge in [0, 0.05) is 6.20 Å². The molecule has 2 N–H and O–H groups in total. The summed E-state index contributed by atoms with van der Waals surface area (Å²) in [7, 11) is 1.26. The first-order valence-corrected chi connectivity index (χ1v) is 3.57. The minimum atomic E-state index is -1.28. The van der Waals surface area contributed by atoms with E-state index in [4.69, 9.17) is 10.2 Å². The molecule has 0 atom stereocenters. The van der Waals surface area contributed by atoms with Crippen LogP contribution < -0.4 is 4.74 Å². The fraction of sp³-hybridized carbons (Fsp3) is 0.125. The van der Waals surface area contributed by atoms with Gasteiger partial charge in [0.05, 0.1) is 12.7 Å². The van der Waals surface area contributed by atoms with Crippen LogP contribution in [0.4, 0.5) is 0 Å². The summed E-state index contributed by atoms with van der Waals surface area (Å²) >= 11 is 0. The van der Waals surface area contributed by atoms with Crippen molar-refractivity contribution in [3.05, 3.63) is 23.4 Å². The standard InChI is InChI=1S/C8H7NO5/c1-14-6-5(8(12)13)2-4(3-9-6)7(10)11/h2-3H,1H3,(H,10,11)(H,12,13). The van der Waals surface area contributed by atoms with Crippen LogP contribution in [0.3, 0.4) is 0 Å². The smallest absolute Gasteiger partial charge is 0.341 e. The summed E-state index contributed by atoms with van der Waals surface area (Å²) < 4.78 is 4.66. The third kappa shape index (κ3) is 1.79. The number of carbonyl (C=O) groups is 2. The molecular weight excluding hydrogens is 190 g/mol. The topological polar surface area (TPSA) is 96.7 Å². The molecule has 0 saturated heterocycles. The number of carboxylic acids is 2. The van der Waals surface area contributed by atoms with Crippen LogP contribution in [0.2, 0.25) is 0 Å². The maximum absolute atomic E-state index is 10.6. The molecule has 0 amide bonds. The molecule has 0 spiro atoms. The SMILES string of the molecule is COc1ncc(C(=O)O)cc1C(=O)O. The number of rotatable bonds is 3. The average Bonchev–Trinajstić information content (AvgIpc) is 2.16. The molecule has 0 unspecified atom stereocenters. The lowest BCUT2D eigenvalue weighted by Crippen LogP contribution is -2.06. The van der Waals surface area contributed by atoms with E-state index in [1.165, 1.54) is 7.11 Å². The molecular formula is C8H7NO5. The maximum atomic E-state index is 10.6. The van der Waals surface area contributed by atoms with Crippen molar-refractivity contribution in [2.24, 2.45) is 0 Å². The van der Waals surface area contributed by atoms with Crippen molar-refractivity contribution >= 4 is 11.9 Å². The van der Waals surface area contributed by atoms with Gasteiger partial charge in [0.2, 0.25) is 5.88 Å². The lowest BCUT2D eigenvalue weighted by molar-refractivity contribution is 0.0692. The Kier molecular flexibility index (Phi) is 2.66. The highest BCUT2D eigenvalue weighted by Gasteiger charge is 2.15. The molecule has 0 aliphatic heterocycles. The lowest BCUT2D eigenvalue weighted by Gasteiger charge is -2.03. The van der Waals surface area contributed by atoms with Crippen molar-refractivity contribution in [1.82, 2.24) is 4.98 Å². The molecule has 1 rings (SSSR count). The summed E-state index contributed by atoms with van der Waals surface area (Å²) in [6, 6.07) is 0.997. The zero-order chi connectivity index (χ0) is 10.7. The molecule has 0 aliphatic rings. The Morgan fingerprint density at radius 2 is 2.00 bits per heavy atom. The van der Waals surface area contributed by atoms with E-state index in [1.54, 1.807) is 0 Å². The van der Waals surface area contributed by atoms with Crippen LogP contribution in [0.1, 0.15) is 20.7 Å². The second-order valence-corrected chi connectivity index (χ2v) is 2.39. The molecule has 1 heterocycles. The number of hydrogen-bond donors (Lipinski definition) is 2. The molecule has 14 heavy (non-hydrogen) atoms. The summed E-state index contributed by atoms with van der Waals surface area (Å²) in [5, 5.41) is 17.3. The van der Waals surface area contributed by atoms with Crippen molar-refractivity contribution < 1.29 is 24.5 Å². The summed E-state index contributed by atoms with van der Waals surface area (Å²) in [5.74, 6) is -2.62. The Morgan fingerprint density at radius 3 is 2.43 bits per heavy atom. The predicted octanol–water partition coefficient (Wildman–Crippen LogP) is 0.487. The van der Waals surface area contributed by atoms with Gasteiger partial charge in [-0.05, 0) is 6.07 Å². The van der Waals surface area contributed by atoms with Gasteiger partial charge < -0.3 is 14.9 Å². The van der Waals surface area contributed by atoms with Crippen molar-refractivity contribution in [3.63, 3.8) is 0 Å². The molecule has 0 bridgehead atoms. The van der Waals surface area contributed by atoms with Crippen LogP contribution in [-0.4, -0.2) is 34.2 Å². The molecule has 6 nitrogen and oxygen atoms in total. The number of carboxylic acid groups (broad SMARTS) is 2. The molecule has 1 aromatic rings. The Bertz CT molecular complexity index is 387. The number of ether oxygens (including phenoxy) is 1. The van der Waals surface area contributed by atoms with Crippen LogP contribution in [0, 0.1) is 0 Å². The van der Waals surface area contributed by atoms with Gasteiger partial charge >= 0.3 is 11.9 Å². The average molecular weight is 197 g/mol. The maximum Gasteiger partial charge on any atom is 0.341 e. The van der Waals surface area contributed by atoms with E-state index in [2.05, 4.69) is 9.72 Å². The third-order valence-electron chi connectivity index (χ3n) is 1.52. The van der Waals surface area contributed by atoms with Crippen LogP contribution in [0.25, 0.3) is 0 Å². The molecule has 1 aromatic heterocycles. The quantitative estimate of drug-likeness (QED) is 0.731. The summed E-state index contributed by atoms with van der Waals surface area (Å²) in [5.41, 5.74) is -0.462. The first-order chi connectivity index (χ1) is 6.56.